The molecule has 3 aliphatic rings. The lowest BCUT2D eigenvalue weighted by atomic mass is 9.51. The summed E-state index contributed by atoms with van der Waals surface area (Å²) in [5.41, 5.74) is 0.534. The number of nitrogens with one attached hydrogen (secondary N) is 1. The van der Waals surface area contributed by atoms with Gasteiger partial charge < -0.3 is 10.1 Å². The van der Waals surface area contributed by atoms with Crippen molar-refractivity contribution in [3.8, 4) is 0 Å². The molecule has 0 heterocycles. The van der Waals surface area contributed by atoms with Crippen LogP contribution in [0.4, 0.5) is 0 Å². The number of hydrogen-bond donors (Lipinski definition) is 1. The maximum Gasteiger partial charge on any atom is 0.0661 e. The zero-order valence-electron chi connectivity index (χ0n) is 12.5. The first-order valence-corrected chi connectivity index (χ1v) is 9.47. The summed E-state index contributed by atoms with van der Waals surface area (Å²) in [6.45, 7) is 3.02. The van der Waals surface area contributed by atoms with E-state index in [2.05, 4.69) is 30.3 Å². The van der Waals surface area contributed by atoms with E-state index >= 15 is 0 Å². The lowest BCUT2D eigenvalue weighted by Crippen LogP contribution is -2.68. The Morgan fingerprint density at radius 3 is 2.47 bits per heavy atom. The summed E-state index contributed by atoms with van der Waals surface area (Å²) in [4.78, 5) is 0. The summed E-state index contributed by atoms with van der Waals surface area (Å²) in [5, 5.41) is 4.92. The van der Waals surface area contributed by atoms with Crippen molar-refractivity contribution in [3.63, 3.8) is 0 Å². The maximum atomic E-state index is 5.95. The van der Waals surface area contributed by atoms with Crippen LogP contribution in [0, 0.1) is 5.41 Å². The van der Waals surface area contributed by atoms with Crippen LogP contribution in [0.2, 0.25) is 0 Å². The van der Waals surface area contributed by atoms with E-state index in [1.165, 1.54) is 51.4 Å². The van der Waals surface area contributed by atoms with Crippen molar-refractivity contribution in [2.75, 3.05) is 12.9 Å². The van der Waals surface area contributed by atoms with E-state index in [1.54, 1.807) is 0 Å². The van der Waals surface area contributed by atoms with Crippen LogP contribution in [0.25, 0.3) is 0 Å². The van der Waals surface area contributed by atoms with Crippen molar-refractivity contribution >= 4 is 11.8 Å². The molecule has 19 heavy (non-hydrogen) atoms. The average Bonchev–Trinajstić information content (AvgIpc) is 2.36. The molecule has 0 saturated heterocycles. The second kappa shape index (κ2) is 5.95. The lowest BCUT2D eigenvalue weighted by molar-refractivity contribution is -0.175. The highest BCUT2D eigenvalue weighted by atomic mass is 32.2. The summed E-state index contributed by atoms with van der Waals surface area (Å²) in [6.07, 6.45) is 13.9. The molecule has 2 unspecified atom stereocenters. The van der Waals surface area contributed by atoms with Crippen LogP contribution in [0.3, 0.4) is 0 Å². The van der Waals surface area contributed by atoms with E-state index in [9.17, 15) is 0 Å². The predicted octanol–water partition coefficient (Wildman–Crippen LogP) is 3.60. The highest BCUT2D eigenvalue weighted by molar-refractivity contribution is 7.99. The van der Waals surface area contributed by atoms with Gasteiger partial charge >= 0.3 is 0 Å². The number of ether oxygens (including phenoxy) is 1. The molecular formula is C16H29NOS. The van der Waals surface area contributed by atoms with Gasteiger partial charge in [0.1, 0.15) is 0 Å². The molecule has 3 aliphatic carbocycles. The van der Waals surface area contributed by atoms with E-state index in [-0.39, 0.29) is 0 Å². The Balaban J connectivity index is 1.49. The van der Waals surface area contributed by atoms with Gasteiger partial charge in [-0.1, -0.05) is 6.42 Å². The van der Waals surface area contributed by atoms with E-state index in [1.807, 2.05) is 0 Å². The van der Waals surface area contributed by atoms with Gasteiger partial charge in [-0.05, 0) is 58.1 Å². The molecule has 2 atom stereocenters. The summed E-state index contributed by atoms with van der Waals surface area (Å²) in [7, 11) is 0. The van der Waals surface area contributed by atoms with Gasteiger partial charge in [0.05, 0.1) is 6.10 Å². The highest BCUT2D eigenvalue weighted by Crippen LogP contribution is 2.57. The molecular weight excluding hydrogens is 254 g/mol. The summed E-state index contributed by atoms with van der Waals surface area (Å²) < 4.78 is 5.95. The van der Waals surface area contributed by atoms with Gasteiger partial charge in [0.25, 0.3) is 0 Å². The Morgan fingerprint density at radius 2 is 1.95 bits per heavy atom. The first-order valence-electron chi connectivity index (χ1n) is 8.19. The summed E-state index contributed by atoms with van der Waals surface area (Å²) in [5.74, 6) is 0. The quantitative estimate of drug-likeness (QED) is 0.833. The largest absolute Gasteiger partial charge is 0.378 e. The van der Waals surface area contributed by atoms with Crippen LogP contribution in [0.5, 0.6) is 0 Å². The standard InChI is InChI=1S/C16H29NOS/c1-3-18-15-11-14(16(15)9-4-10-16)17-12-5-7-13(19-2)8-6-12/h12-15,17H,3-11H2,1-2H3. The van der Waals surface area contributed by atoms with Crippen molar-refractivity contribution in [2.45, 2.75) is 81.7 Å². The Bertz CT molecular complexity index is 297. The third-order valence-corrected chi connectivity index (χ3v) is 7.02. The van der Waals surface area contributed by atoms with Gasteiger partial charge in [-0.25, -0.2) is 0 Å². The summed E-state index contributed by atoms with van der Waals surface area (Å²) >= 11 is 2.06. The molecule has 3 fully saturated rings. The SMILES string of the molecule is CCOC1CC(NC2CCC(SC)CC2)C12CCC2. The van der Waals surface area contributed by atoms with Gasteiger partial charge in [-0.3, -0.25) is 0 Å². The van der Waals surface area contributed by atoms with Crippen LogP contribution < -0.4 is 5.32 Å². The van der Waals surface area contributed by atoms with Gasteiger partial charge in [0, 0.05) is 29.4 Å². The van der Waals surface area contributed by atoms with Crippen molar-refractivity contribution in [1.82, 2.24) is 5.32 Å². The van der Waals surface area contributed by atoms with Gasteiger partial charge in [-0.2, -0.15) is 11.8 Å². The van der Waals surface area contributed by atoms with Crippen LogP contribution in [-0.2, 0) is 4.74 Å². The Hall–Kier alpha value is 0.270. The molecule has 0 aromatic heterocycles. The molecule has 3 saturated carbocycles. The van der Waals surface area contributed by atoms with Gasteiger partial charge in [-0.15, -0.1) is 0 Å². The molecule has 0 bridgehead atoms. The molecule has 1 N–H and O–H groups in total. The molecule has 0 aromatic rings. The third kappa shape index (κ3) is 2.58. The zero-order valence-corrected chi connectivity index (χ0v) is 13.3. The molecule has 0 radical (unpaired) electrons. The monoisotopic (exact) mass is 283 g/mol. The van der Waals surface area contributed by atoms with E-state index in [4.69, 9.17) is 4.74 Å². The molecule has 0 amide bonds. The van der Waals surface area contributed by atoms with E-state index in [0.717, 1.165) is 23.9 Å². The fraction of sp³-hybridized carbons (Fsp3) is 1.00. The average molecular weight is 283 g/mol. The van der Waals surface area contributed by atoms with Crippen LogP contribution >= 0.6 is 11.8 Å². The minimum atomic E-state index is 0.534. The maximum absolute atomic E-state index is 5.95. The Morgan fingerprint density at radius 1 is 1.21 bits per heavy atom. The van der Waals surface area contributed by atoms with Crippen LogP contribution in [0.15, 0.2) is 0 Å². The second-order valence-corrected chi connectivity index (χ2v) is 7.83. The molecule has 110 valence electrons. The normalized spacial score (nSPS) is 40.7. The number of rotatable bonds is 5. The Labute approximate surface area is 122 Å². The molecule has 0 aromatic carbocycles. The number of thioether (sulfide) groups is 1. The first kappa shape index (κ1) is 14.2. The first-order chi connectivity index (χ1) is 9.28. The zero-order chi connectivity index (χ0) is 13.3. The predicted molar refractivity (Wildman–Crippen MR) is 82.8 cm³/mol. The van der Waals surface area contributed by atoms with Crippen molar-refractivity contribution in [2.24, 2.45) is 5.41 Å². The van der Waals surface area contributed by atoms with Crippen LogP contribution in [0.1, 0.15) is 58.3 Å². The van der Waals surface area contributed by atoms with E-state index in [0.29, 0.717) is 11.5 Å². The fourth-order valence-electron chi connectivity index (χ4n) is 4.42. The molecule has 3 rings (SSSR count). The highest BCUT2D eigenvalue weighted by Gasteiger charge is 2.58. The topological polar surface area (TPSA) is 21.3 Å². The third-order valence-electron chi connectivity index (χ3n) is 5.88. The minimum absolute atomic E-state index is 0.534. The molecule has 2 nitrogen and oxygen atoms in total. The fourth-order valence-corrected chi connectivity index (χ4v) is 5.17. The minimum Gasteiger partial charge on any atom is -0.378 e. The van der Waals surface area contributed by atoms with Gasteiger partial charge in [0.15, 0.2) is 0 Å². The smallest absolute Gasteiger partial charge is 0.0661 e. The lowest BCUT2D eigenvalue weighted by Gasteiger charge is -2.62. The molecule has 1 spiro atoms. The van der Waals surface area contributed by atoms with Crippen molar-refractivity contribution < 1.29 is 4.74 Å². The summed E-state index contributed by atoms with van der Waals surface area (Å²) in [6, 6.07) is 1.54. The molecule has 3 heteroatoms. The second-order valence-electron chi connectivity index (χ2n) is 6.69. The van der Waals surface area contributed by atoms with Crippen molar-refractivity contribution in [1.29, 1.82) is 0 Å². The van der Waals surface area contributed by atoms with Crippen molar-refractivity contribution in [3.05, 3.63) is 0 Å². The Kier molecular flexibility index (Phi) is 4.45. The number of hydrogen-bond acceptors (Lipinski definition) is 3. The van der Waals surface area contributed by atoms with Gasteiger partial charge in [0.2, 0.25) is 0 Å². The van der Waals surface area contributed by atoms with Crippen LogP contribution in [-0.4, -0.2) is 36.3 Å². The molecule has 0 aliphatic heterocycles. The van der Waals surface area contributed by atoms with E-state index < -0.39 is 0 Å².